The first-order valence-corrected chi connectivity index (χ1v) is 7.00. The van der Waals surface area contributed by atoms with Crippen LogP contribution in [0.5, 0.6) is 0 Å². The van der Waals surface area contributed by atoms with Crippen LogP contribution in [0.1, 0.15) is 20.7 Å². The van der Waals surface area contributed by atoms with Crippen molar-refractivity contribution in [3.05, 3.63) is 45.8 Å². The van der Waals surface area contributed by atoms with Crippen LogP contribution in [0.25, 0.3) is 11.0 Å². The summed E-state index contributed by atoms with van der Waals surface area (Å²) in [5.41, 5.74) is -0.788. The van der Waals surface area contributed by atoms with Crippen LogP contribution in [0, 0.1) is 0 Å². The van der Waals surface area contributed by atoms with E-state index in [1.165, 1.54) is 0 Å². The molecule has 0 fully saturated rings. The Morgan fingerprint density at radius 3 is 2.47 bits per heavy atom. The second-order valence-electron chi connectivity index (χ2n) is 3.75. The molecule has 0 saturated carbocycles. The molecule has 2 aromatic rings. The molecule has 19 heavy (non-hydrogen) atoms. The molecule has 1 heterocycles. The summed E-state index contributed by atoms with van der Waals surface area (Å²) in [4.78, 5) is 35.6. The number of hydrogen-bond acceptors (Lipinski definition) is 4. The Labute approximate surface area is 121 Å². The molecule has 4 nitrogen and oxygen atoms in total. The first-order valence-electron chi connectivity index (χ1n) is 5.34. The molecule has 6 heteroatoms. The number of Topliss-reactive ketones (excluding diaryl/α,β-unsaturated/α-hetero) is 2. The molecule has 0 aliphatic rings. The summed E-state index contributed by atoms with van der Waals surface area (Å²) in [6.07, 6.45) is 0. The Morgan fingerprint density at radius 2 is 1.84 bits per heavy atom. The third-order valence-electron chi connectivity index (χ3n) is 2.61. The summed E-state index contributed by atoms with van der Waals surface area (Å²) in [7, 11) is 0. The monoisotopic (exact) mass is 342 g/mol. The normalized spacial score (nSPS) is 10.6. The van der Waals surface area contributed by atoms with Crippen LogP contribution >= 0.6 is 27.5 Å². The quantitative estimate of drug-likeness (QED) is 0.486. The van der Waals surface area contributed by atoms with E-state index in [1.54, 1.807) is 24.3 Å². The molecule has 1 aromatic heterocycles. The number of carbonyl (C=O) groups is 2. The van der Waals surface area contributed by atoms with Crippen LogP contribution in [-0.4, -0.2) is 22.8 Å². The zero-order chi connectivity index (χ0) is 14.0. The highest BCUT2D eigenvalue weighted by Crippen LogP contribution is 2.21. The molecule has 98 valence electrons. The number of alkyl halides is 2. The molecule has 2 rings (SSSR count). The fraction of sp³-hybridized carbons (Fsp3) is 0.154. The van der Waals surface area contributed by atoms with Crippen molar-refractivity contribution < 1.29 is 14.0 Å². The van der Waals surface area contributed by atoms with Crippen molar-refractivity contribution in [2.45, 2.75) is 0 Å². The third kappa shape index (κ3) is 2.48. The van der Waals surface area contributed by atoms with Gasteiger partial charge in [-0.25, -0.2) is 4.79 Å². The molecule has 0 aliphatic heterocycles. The van der Waals surface area contributed by atoms with Crippen LogP contribution in [0.3, 0.4) is 0 Å². The maximum atomic E-state index is 12.0. The largest absolute Gasteiger partial charge is 0.422 e. The molecular formula is C13H8BrClO4. The van der Waals surface area contributed by atoms with Crippen molar-refractivity contribution in [3.8, 4) is 0 Å². The average molecular weight is 344 g/mol. The lowest BCUT2D eigenvalue weighted by atomic mass is 9.99. The van der Waals surface area contributed by atoms with E-state index < -0.39 is 11.4 Å². The number of para-hydroxylation sites is 1. The molecular weight excluding hydrogens is 335 g/mol. The maximum Gasteiger partial charge on any atom is 0.348 e. The molecule has 0 bridgehead atoms. The summed E-state index contributed by atoms with van der Waals surface area (Å²) >= 11 is 8.52. The van der Waals surface area contributed by atoms with Crippen LogP contribution in [0.15, 0.2) is 33.5 Å². The lowest BCUT2D eigenvalue weighted by Gasteiger charge is -2.07. The Balaban J connectivity index is 2.94. The van der Waals surface area contributed by atoms with E-state index in [0.29, 0.717) is 5.39 Å². The predicted molar refractivity (Wildman–Crippen MR) is 75.7 cm³/mol. The van der Waals surface area contributed by atoms with Gasteiger partial charge in [-0.1, -0.05) is 34.1 Å². The Morgan fingerprint density at radius 1 is 1.16 bits per heavy atom. The van der Waals surface area contributed by atoms with Crippen molar-refractivity contribution in [1.29, 1.82) is 0 Å². The fourth-order valence-electron chi connectivity index (χ4n) is 1.83. The zero-order valence-corrected chi connectivity index (χ0v) is 12.0. The smallest absolute Gasteiger partial charge is 0.348 e. The molecule has 1 aromatic carbocycles. The number of hydrogen-bond donors (Lipinski definition) is 0. The minimum absolute atomic E-state index is 0.00299. The second-order valence-corrected chi connectivity index (χ2v) is 4.58. The van der Waals surface area contributed by atoms with Gasteiger partial charge in [0.25, 0.3) is 0 Å². The van der Waals surface area contributed by atoms with Crippen molar-refractivity contribution in [2.75, 3.05) is 11.2 Å². The molecule has 0 aliphatic carbocycles. The standard InChI is InChI=1S/C13H8BrClO4/c14-5-8(16)11-7-3-1-2-4-10(7)19-13(18)12(11)9(17)6-15/h1-4H,5-6H2. The van der Waals surface area contributed by atoms with Gasteiger partial charge in [0.2, 0.25) is 0 Å². The second kappa shape index (κ2) is 5.67. The van der Waals surface area contributed by atoms with Gasteiger partial charge in [-0.15, -0.1) is 11.6 Å². The zero-order valence-electron chi connectivity index (χ0n) is 9.61. The number of fused-ring (bicyclic) bond motifs is 1. The first-order chi connectivity index (χ1) is 9.10. The minimum Gasteiger partial charge on any atom is -0.422 e. The van der Waals surface area contributed by atoms with Crippen LogP contribution in [0.4, 0.5) is 0 Å². The Bertz CT molecular complexity index is 720. The van der Waals surface area contributed by atoms with Crippen LogP contribution < -0.4 is 5.63 Å². The van der Waals surface area contributed by atoms with Crippen molar-refractivity contribution in [3.63, 3.8) is 0 Å². The van der Waals surface area contributed by atoms with E-state index in [1.807, 2.05) is 0 Å². The number of halogens is 2. The topological polar surface area (TPSA) is 64.3 Å². The van der Waals surface area contributed by atoms with Crippen LogP contribution in [-0.2, 0) is 0 Å². The van der Waals surface area contributed by atoms with Gasteiger partial charge in [-0.2, -0.15) is 0 Å². The highest BCUT2D eigenvalue weighted by atomic mass is 79.9. The molecule has 0 saturated heterocycles. The molecule has 0 spiro atoms. The summed E-state index contributed by atoms with van der Waals surface area (Å²) in [6, 6.07) is 6.56. The number of benzene rings is 1. The van der Waals surface area contributed by atoms with E-state index >= 15 is 0 Å². The van der Waals surface area contributed by atoms with Crippen molar-refractivity contribution >= 4 is 50.1 Å². The van der Waals surface area contributed by atoms with Crippen molar-refractivity contribution in [1.82, 2.24) is 0 Å². The predicted octanol–water partition coefficient (Wildman–Crippen LogP) is 2.79. The summed E-state index contributed by atoms with van der Waals surface area (Å²) in [5, 5.41) is 0.434. The molecule has 0 amide bonds. The Kier molecular flexibility index (Phi) is 4.17. The van der Waals surface area contributed by atoms with E-state index in [0.717, 1.165) is 0 Å². The van der Waals surface area contributed by atoms with Gasteiger partial charge in [0.05, 0.1) is 11.2 Å². The SMILES string of the molecule is O=C(CCl)c1c(C(=O)CBr)c2ccccc2oc1=O. The molecule has 0 radical (unpaired) electrons. The van der Waals surface area contributed by atoms with Gasteiger partial charge in [-0.3, -0.25) is 9.59 Å². The molecule has 0 unspecified atom stereocenters. The van der Waals surface area contributed by atoms with Crippen LogP contribution in [0.2, 0.25) is 0 Å². The van der Waals surface area contributed by atoms with Gasteiger partial charge in [0, 0.05) is 10.9 Å². The number of rotatable bonds is 4. The van der Waals surface area contributed by atoms with E-state index in [9.17, 15) is 14.4 Å². The van der Waals surface area contributed by atoms with Gasteiger partial charge < -0.3 is 4.42 Å². The fourth-order valence-corrected chi connectivity index (χ4v) is 2.24. The van der Waals surface area contributed by atoms with Gasteiger partial charge in [0.15, 0.2) is 11.6 Å². The summed E-state index contributed by atoms with van der Waals surface area (Å²) < 4.78 is 5.05. The van der Waals surface area contributed by atoms with E-state index in [-0.39, 0.29) is 33.7 Å². The molecule has 0 N–H and O–H groups in total. The van der Waals surface area contributed by atoms with E-state index in [4.69, 9.17) is 16.0 Å². The summed E-state index contributed by atoms with van der Waals surface area (Å²) in [5.74, 6) is -1.37. The number of ketones is 2. The third-order valence-corrected chi connectivity index (χ3v) is 3.37. The molecule has 0 atom stereocenters. The van der Waals surface area contributed by atoms with Gasteiger partial charge in [-0.05, 0) is 6.07 Å². The first kappa shape index (κ1) is 14.0. The average Bonchev–Trinajstić information content (AvgIpc) is 2.44. The number of carbonyl (C=O) groups excluding carboxylic acids is 2. The lowest BCUT2D eigenvalue weighted by Crippen LogP contribution is -2.22. The highest BCUT2D eigenvalue weighted by molar-refractivity contribution is 9.09. The Hall–Kier alpha value is -1.46. The maximum absolute atomic E-state index is 12.0. The van der Waals surface area contributed by atoms with Crippen molar-refractivity contribution in [2.24, 2.45) is 0 Å². The minimum atomic E-state index is -0.839. The van der Waals surface area contributed by atoms with Gasteiger partial charge >= 0.3 is 5.63 Å². The summed E-state index contributed by atoms with van der Waals surface area (Å²) in [6.45, 7) is 0. The van der Waals surface area contributed by atoms with Gasteiger partial charge in [0.1, 0.15) is 11.1 Å². The highest BCUT2D eigenvalue weighted by Gasteiger charge is 2.24. The van der Waals surface area contributed by atoms with E-state index in [2.05, 4.69) is 15.9 Å². The lowest BCUT2D eigenvalue weighted by molar-refractivity contribution is 0.0983.